The van der Waals surface area contributed by atoms with Crippen LogP contribution in [0.5, 0.6) is 0 Å². The Bertz CT molecular complexity index is 928. The Morgan fingerprint density at radius 1 is 1.19 bits per heavy atom. The van der Waals surface area contributed by atoms with Gasteiger partial charge in [-0.1, -0.05) is 35.9 Å². The van der Waals surface area contributed by atoms with Gasteiger partial charge in [0.1, 0.15) is 5.69 Å². The second-order valence-corrected chi connectivity index (χ2v) is 7.01. The maximum atomic E-state index is 12.7. The number of rotatable bonds is 4. The largest absolute Gasteiger partial charge is 0.419 e. The number of likely N-dealkylation sites (tertiary alicyclic amines) is 1. The molecular formula is C20H19ClN4O2. The Labute approximate surface area is 162 Å². The average molecular weight is 383 g/mol. The van der Waals surface area contributed by atoms with E-state index < -0.39 is 0 Å². The van der Waals surface area contributed by atoms with Crippen LogP contribution in [0.15, 0.2) is 53.1 Å². The zero-order chi connectivity index (χ0) is 18.6. The molecule has 0 spiro atoms. The number of benzene rings is 1. The van der Waals surface area contributed by atoms with Gasteiger partial charge in [0.15, 0.2) is 0 Å². The number of nitrogens with zero attached hydrogens (tertiary/aromatic N) is 4. The summed E-state index contributed by atoms with van der Waals surface area (Å²) in [6.45, 7) is 1.31. The Kier molecular flexibility index (Phi) is 5.16. The van der Waals surface area contributed by atoms with Gasteiger partial charge in [0.2, 0.25) is 11.8 Å². The van der Waals surface area contributed by atoms with Gasteiger partial charge in [0, 0.05) is 24.3 Å². The lowest BCUT2D eigenvalue weighted by Crippen LogP contribution is -2.40. The normalized spacial score (nSPS) is 17.1. The molecule has 0 N–H and O–H groups in total. The summed E-state index contributed by atoms with van der Waals surface area (Å²) < 4.78 is 5.83. The molecule has 3 aromatic rings. The molecule has 0 unspecified atom stereocenters. The molecule has 0 radical (unpaired) electrons. The van der Waals surface area contributed by atoms with Gasteiger partial charge in [-0.15, -0.1) is 10.2 Å². The van der Waals surface area contributed by atoms with Crippen molar-refractivity contribution in [2.24, 2.45) is 0 Å². The van der Waals surface area contributed by atoms with Crippen molar-refractivity contribution in [1.82, 2.24) is 20.1 Å². The minimum Gasteiger partial charge on any atom is -0.419 e. The van der Waals surface area contributed by atoms with Crippen LogP contribution in [0, 0.1) is 0 Å². The monoisotopic (exact) mass is 382 g/mol. The molecule has 6 nitrogen and oxygen atoms in total. The Hall–Kier alpha value is -2.73. The molecule has 1 saturated heterocycles. The number of aromatic nitrogens is 3. The van der Waals surface area contributed by atoms with Crippen molar-refractivity contribution in [3.8, 4) is 11.6 Å². The maximum absolute atomic E-state index is 12.7. The predicted octanol–water partition coefficient (Wildman–Crippen LogP) is 3.73. The first kappa shape index (κ1) is 17.7. The Morgan fingerprint density at radius 2 is 2.04 bits per heavy atom. The van der Waals surface area contributed by atoms with Gasteiger partial charge in [-0.2, -0.15) is 0 Å². The van der Waals surface area contributed by atoms with Gasteiger partial charge in [0.25, 0.3) is 5.89 Å². The summed E-state index contributed by atoms with van der Waals surface area (Å²) >= 11 is 6.18. The number of hydrogen-bond donors (Lipinski definition) is 0. The van der Waals surface area contributed by atoms with Crippen LogP contribution in [0.25, 0.3) is 11.6 Å². The fraction of sp³-hybridized carbons (Fsp3) is 0.300. The predicted molar refractivity (Wildman–Crippen MR) is 101 cm³/mol. The van der Waals surface area contributed by atoms with Crippen LogP contribution in [0.4, 0.5) is 0 Å². The number of amides is 1. The highest BCUT2D eigenvalue weighted by Crippen LogP contribution is 2.28. The highest BCUT2D eigenvalue weighted by molar-refractivity contribution is 6.31. The van der Waals surface area contributed by atoms with Crippen molar-refractivity contribution < 1.29 is 9.21 Å². The summed E-state index contributed by atoms with van der Waals surface area (Å²) in [5.74, 6) is 1.08. The summed E-state index contributed by atoms with van der Waals surface area (Å²) in [6.07, 6.45) is 3.81. The standard InChI is InChI=1S/C20H19ClN4O2/c21-16-8-2-1-6-14(16)12-18(26)25-11-5-7-15(13-25)19-23-24-20(27-19)17-9-3-4-10-22-17/h1-4,6,8-10,15H,5,7,11-13H2/t15-/m1/s1. The van der Waals surface area contributed by atoms with Crippen LogP contribution in [0.2, 0.25) is 5.02 Å². The van der Waals surface area contributed by atoms with Crippen molar-refractivity contribution in [1.29, 1.82) is 0 Å². The number of halogens is 1. The minimum atomic E-state index is 0.0407. The highest BCUT2D eigenvalue weighted by Gasteiger charge is 2.28. The zero-order valence-corrected chi connectivity index (χ0v) is 15.5. The molecule has 4 rings (SSSR count). The average Bonchev–Trinajstić information content (AvgIpc) is 3.21. The topological polar surface area (TPSA) is 72.1 Å². The number of hydrogen-bond acceptors (Lipinski definition) is 5. The first-order valence-corrected chi connectivity index (χ1v) is 9.34. The second kappa shape index (κ2) is 7.88. The summed E-state index contributed by atoms with van der Waals surface area (Å²) in [7, 11) is 0. The first-order chi connectivity index (χ1) is 13.2. The van der Waals surface area contributed by atoms with E-state index in [0.29, 0.717) is 35.5 Å². The zero-order valence-electron chi connectivity index (χ0n) is 14.7. The van der Waals surface area contributed by atoms with Gasteiger partial charge in [0.05, 0.1) is 12.3 Å². The molecule has 1 aromatic carbocycles. The summed E-state index contributed by atoms with van der Waals surface area (Å²) in [5.41, 5.74) is 1.50. The molecule has 3 heterocycles. The van der Waals surface area contributed by atoms with E-state index in [9.17, 15) is 4.79 Å². The van der Waals surface area contributed by atoms with Crippen LogP contribution in [0.1, 0.15) is 30.2 Å². The van der Waals surface area contributed by atoms with E-state index in [2.05, 4.69) is 15.2 Å². The van der Waals surface area contributed by atoms with E-state index in [1.54, 1.807) is 12.3 Å². The van der Waals surface area contributed by atoms with Gasteiger partial charge in [-0.25, -0.2) is 0 Å². The lowest BCUT2D eigenvalue weighted by atomic mass is 9.97. The molecule has 27 heavy (non-hydrogen) atoms. The van der Waals surface area contributed by atoms with E-state index in [4.69, 9.17) is 16.0 Å². The van der Waals surface area contributed by atoms with Gasteiger partial charge < -0.3 is 9.32 Å². The molecule has 7 heteroatoms. The summed E-state index contributed by atoms with van der Waals surface area (Å²) in [4.78, 5) is 18.8. The molecular weight excluding hydrogens is 364 g/mol. The van der Waals surface area contributed by atoms with Crippen LogP contribution in [-0.2, 0) is 11.2 Å². The molecule has 1 aliphatic heterocycles. The highest BCUT2D eigenvalue weighted by atomic mass is 35.5. The minimum absolute atomic E-state index is 0.0407. The fourth-order valence-electron chi connectivity index (χ4n) is 3.31. The molecule has 1 aliphatic rings. The molecule has 1 atom stereocenters. The number of piperidine rings is 1. The van der Waals surface area contributed by atoms with Crippen molar-refractivity contribution in [2.45, 2.75) is 25.2 Å². The molecule has 0 bridgehead atoms. The van der Waals surface area contributed by atoms with E-state index in [0.717, 1.165) is 24.9 Å². The number of carbonyl (C=O) groups is 1. The third-order valence-electron chi connectivity index (χ3n) is 4.75. The molecule has 2 aromatic heterocycles. The van der Waals surface area contributed by atoms with Gasteiger partial charge >= 0.3 is 0 Å². The fourth-order valence-corrected chi connectivity index (χ4v) is 3.52. The summed E-state index contributed by atoms with van der Waals surface area (Å²) in [6, 6.07) is 13.0. The van der Waals surface area contributed by atoms with Crippen molar-refractivity contribution >= 4 is 17.5 Å². The van der Waals surface area contributed by atoms with E-state index in [1.165, 1.54) is 0 Å². The van der Waals surface area contributed by atoms with Crippen molar-refractivity contribution in [3.63, 3.8) is 0 Å². The van der Waals surface area contributed by atoms with Gasteiger partial charge in [-0.3, -0.25) is 9.78 Å². The smallest absolute Gasteiger partial charge is 0.266 e. The van der Waals surface area contributed by atoms with Crippen LogP contribution >= 0.6 is 11.6 Å². The number of pyridine rings is 1. The van der Waals surface area contributed by atoms with Crippen molar-refractivity contribution in [2.75, 3.05) is 13.1 Å². The maximum Gasteiger partial charge on any atom is 0.266 e. The summed E-state index contributed by atoms with van der Waals surface area (Å²) in [5, 5.41) is 8.92. The lowest BCUT2D eigenvalue weighted by molar-refractivity contribution is -0.131. The van der Waals surface area contributed by atoms with Crippen molar-refractivity contribution in [3.05, 3.63) is 65.1 Å². The number of carbonyl (C=O) groups excluding carboxylic acids is 1. The Balaban J connectivity index is 1.45. The molecule has 0 saturated carbocycles. The quantitative estimate of drug-likeness (QED) is 0.687. The molecule has 1 amide bonds. The van der Waals surface area contributed by atoms with Gasteiger partial charge in [-0.05, 0) is 36.6 Å². The molecule has 138 valence electrons. The third kappa shape index (κ3) is 4.01. The SMILES string of the molecule is O=C(Cc1ccccc1Cl)N1CCC[C@@H](c2nnc(-c3ccccn3)o2)C1. The molecule has 0 aliphatic carbocycles. The molecule has 1 fully saturated rings. The van der Waals surface area contributed by atoms with E-state index >= 15 is 0 Å². The van der Waals surface area contributed by atoms with E-state index in [-0.39, 0.29) is 11.8 Å². The lowest BCUT2D eigenvalue weighted by Gasteiger charge is -2.31. The van der Waals surface area contributed by atoms with Crippen LogP contribution in [0.3, 0.4) is 0 Å². The van der Waals surface area contributed by atoms with Crippen LogP contribution in [-0.4, -0.2) is 39.1 Å². The first-order valence-electron chi connectivity index (χ1n) is 8.96. The third-order valence-corrected chi connectivity index (χ3v) is 5.12. The Morgan fingerprint density at radius 3 is 2.85 bits per heavy atom. The van der Waals surface area contributed by atoms with E-state index in [1.807, 2.05) is 41.3 Å². The van der Waals surface area contributed by atoms with Crippen LogP contribution < -0.4 is 0 Å². The second-order valence-electron chi connectivity index (χ2n) is 6.61.